The van der Waals surface area contributed by atoms with E-state index in [1.54, 1.807) is 0 Å². The Labute approximate surface area is 314 Å². The molecule has 0 saturated carbocycles. The Kier molecular flexibility index (Phi) is 43.6. The predicted molar refractivity (Wildman–Crippen MR) is 219 cm³/mol. The van der Waals surface area contributed by atoms with Crippen LogP contribution in [0, 0.1) is 0 Å². The molecule has 0 aromatic heterocycles. The number of carbonyl (C=O) groups is 1. The lowest BCUT2D eigenvalue weighted by Gasteiger charge is -2.18. The summed E-state index contributed by atoms with van der Waals surface area (Å²) < 4.78 is 17.7. The molecule has 0 aromatic carbocycles. The molecule has 1 N–H and O–H groups in total. The van der Waals surface area contributed by atoms with Gasteiger partial charge in [-0.2, -0.15) is 0 Å². The van der Waals surface area contributed by atoms with Crippen LogP contribution >= 0.6 is 0 Å². The summed E-state index contributed by atoms with van der Waals surface area (Å²) in [6, 6.07) is 0. The number of hydrogen-bond acceptors (Lipinski definition) is 4. The molecular formula is C45H91NO4. The lowest BCUT2D eigenvalue weighted by atomic mass is 10.0. The van der Waals surface area contributed by atoms with Gasteiger partial charge in [-0.1, -0.05) is 220 Å². The minimum Gasteiger partial charge on any atom is -0.449 e. The van der Waals surface area contributed by atoms with E-state index < -0.39 is 0 Å². The van der Waals surface area contributed by atoms with Gasteiger partial charge < -0.3 is 19.5 Å². The van der Waals surface area contributed by atoms with E-state index in [-0.39, 0.29) is 12.2 Å². The molecule has 300 valence electrons. The van der Waals surface area contributed by atoms with Crippen LogP contribution in [0.25, 0.3) is 0 Å². The Morgan fingerprint density at radius 1 is 0.420 bits per heavy atom. The molecule has 0 aliphatic carbocycles. The van der Waals surface area contributed by atoms with Gasteiger partial charge in [-0.05, 0) is 19.3 Å². The summed E-state index contributed by atoms with van der Waals surface area (Å²) in [7, 11) is 0. The fourth-order valence-corrected chi connectivity index (χ4v) is 6.78. The molecule has 0 radical (unpaired) electrons. The smallest absolute Gasteiger partial charge is 0.407 e. The van der Waals surface area contributed by atoms with E-state index in [1.807, 2.05) is 0 Å². The van der Waals surface area contributed by atoms with Crippen molar-refractivity contribution < 1.29 is 19.0 Å². The summed E-state index contributed by atoms with van der Waals surface area (Å²) in [6.45, 7) is 9.93. The molecule has 0 heterocycles. The highest BCUT2D eigenvalue weighted by atomic mass is 16.6. The zero-order valence-electron chi connectivity index (χ0n) is 34.5. The molecule has 1 amide bonds. The third-order valence-corrected chi connectivity index (χ3v) is 10.3. The molecule has 5 nitrogen and oxygen atoms in total. The fourth-order valence-electron chi connectivity index (χ4n) is 6.78. The fraction of sp³-hybridized carbons (Fsp3) is 0.978. The van der Waals surface area contributed by atoms with E-state index in [2.05, 4.69) is 26.1 Å². The molecule has 0 unspecified atom stereocenters. The van der Waals surface area contributed by atoms with E-state index in [9.17, 15) is 4.79 Å². The quantitative estimate of drug-likeness (QED) is 0.0640. The number of rotatable bonds is 43. The lowest BCUT2D eigenvalue weighted by Crippen LogP contribution is -2.28. The van der Waals surface area contributed by atoms with Crippen molar-refractivity contribution in [3.63, 3.8) is 0 Å². The molecule has 0 aliphatic heterocycles. The average molecular weight is 710 g/mol. The standard InChI is InChI=1S/C45H91NO4/c1-4-7-10-12-14-16-18-20-22-24-26-28-30-32-34-36-40-48-43-44(38-42-50-45(47)46-39-9-6-3)49-41-37-35-33-31-29-27-25-23-21-19-17-15-13-11-8-5-2/h44H,4-43H2,1-3H3,(H,46,47)/t44-/m0/s1. The van der Waals surface area contributed by atoms with Gasteiger partial charge in [-0.3, -0.25) is 0 Å². The maximum Gasteiger partial charge on any atom is 0.407 e. The first-order valence-corrected chi connectivity index (χ1v) is 22.8. The van der Waals surface area contributed by atoms with Crippen LogP contribution in [0.2, 0.25) is 0 Å². The maximum absolute atomic E-state index is 12.0. The lowest BCUT2D eigenvalue weighted by molar-refractivity contribution is -0.0298. The normalized spacial score (nSPS) is 12.1. The van der Waals surface area contributed by atoms with Crippen LogP contribution in [-0.2, 0) is 14.2 Å². The Balaban J connectivity index is 3.84. The molecule has 50 heavy (non-hydrogen) atoms. The van der Waals surface area contributed by atoms with Crippen molar-refractivity contribution in [3.05, 3.63) is 0 Å². The van der Waals surface area contributed by atoms with Gasteiger partial charge in [0, 0.05) is 26.2 Å². The maximum atomic E-state index is 12.0. The van der Waals surface area contributed by atoms with Gasteiger partial charge in [-0.25, -0.2) is 4.79 Å². The Hall–Kier alpha value is -0.810. The largest absolute Gasteiger partial charge is 0.449 e. The summed E-state index contributed by atoms with van der Waals surface area (Å²) >= 11 is 0. The number of unbranched alkanes of at least 4 members (excludes halogenated alkanes) is 31. The van der Waals surface area contributed by atoms with Gasteiger partial charge in [0.25, 0.3) is 0 Å². The number of carbonyl (C=O) groups excluding carboxylic acids is 1. The summed E-state index contributed by atoms with van der Waals surface area (Å²) in [5.74, 6) is 0. The second-order valence-corrected chi connectivity index (χ2v) is 15.4. The molecule has 0 spiro atoms. The average Bonchev–Trinajstić information content (AvgIpc) is 3.12. The Morgan fingerprint density at radius 2 is 0.760 bits per heavy atom. The number of nitrogens with one attached hydrogen (secondary N) is 1. The minimum atomic E-state index is -0.316. The van der Waals surface area contributed by atoms with Crippen molar-refractivity contribution in [2.75, 3.05) is 33.0 Å². The number of alkyl carbamates (subject to hydrolysis) is 1. The van der Waals surface area contributed by atoms with Crippen molar-refractivity contribution >= 4 is 6.09 Å². The van der Waals surface area contributed by atoms with Crippen LogP contribution in [0.5, 0.6) is 0 Å². The molecule has 0 fully saturated rings. The highest BCUT2D eigenvalue weighted by molar-refractivity contribution is 5.66. The predicted octanol–water partition coefficient (Wildman–Crippen LogP) is 14.8. The molecule has 0 rings (SSSR count). The van der Waals surface area contributed by atoms with Crippen LogP contribution in [-0.4, -0.2) is 45.2 Å². The van der Waals surface area contributed by atoms with Crippen LogP contribution in [0.15, 0.2) is 0 Å². The molecule has 0 aromatic rings. The second-order valence-electron chi connectivity index (χ2n) is 15.4. The highest BCUT2D eigenvalue weighted by Gasteiger charge is 2.12. The van der Waals surface area contributed by atoms with E-state index in [1.165, 1.54) is 193 Å². The van der Waals surface area contributed by atoms with Crippen molar-refractivity contribution in [2.45, 2.75) is 252 Å². The SMILES string of the molecule is CCCCCCCCCCCCCCCCCCOC[C@H](CCOC(=O)NCCCC)OCCCCCCCCCCCCCCCCCC. The summed E-state index contributed by atoms with van der Waals surface area (Å²) in [6.07, 6.45) is 46.6. The van der Waals surface area contributed by atoms with E-state index in [0.717, 1.165) is 38.9 Å². The van der Waals surface area contributed by atoms with Gasteiger partial charge in [0.2, 0.25) is 0 Å². The van der Waals surface area contributed by atoms with Crippen molar-refractivity contribution in [3.8, 4) is 0 Å². The summed E-state index contributed by atoms with van der Waals surface area (Å²) in [4.78, 5) is 12.0. The van der Waals surface area contributed by atoms with Gasteiger partial charge >= 0.3 is 6.09 Å². The highest BCUT2D eigenvalue weighted by Crippen LogP contribution is 2.16. The van der Waals surface area contributed by atoms with E-state index in [4.69, 9.17) is 14.2 Å². The van der Waals surface area contributed by atoms with Crippen molar-refractivity contribution in [1.82, 2.24) is 5.32 Å². The molecule has 5 heteroatoms. The third-order valence-electron chi connectivity index (χ3n) is 10.3. The Morgan fingerprint density at radius 3 is 1.14 bits per heavy atom. The van der Waals surface area contributed by atoms with Gasteiger partial charge in [0.05, 0.1) is 19.3 Å². The van der Waals surface area contributed by atoms with Crippen LogP contribution in [0.1, 0.15) is 245 Å². The van der Waals surface area contributed by atoms with Crippen LogP contribution < -0.4 is 5.32 Å². The molecular weight excluding hydrogens is 618 g/mol. The summed E-state index contributed by atoms with van der Waals surface area (Å²) in [5, 5.41) is 2.83. The van der Waals surface area contributed by atoms with Crippen LogP contribution in [0.3, 0.4) is 0 Å². The van der Waals surface area contributed by atoms with Crippen LogP contribution in [0.4, 0.5) is 4.79 Å². The van der Waals surface area contributed by atoms with Crippen molar-refractivity contribution in [2.24, 2.45) is 0 Å². The monoisotopic (exact) mass is 710 g/mol. The third kappa shape index (κ3) is 41.6. The first-order chi connectivity index (χ1) is 24.7. The van der Waals surface area contributed by atoms with Gasteiger partial charge in [0.15, 0.2) is 0 Å². The number of hydrogen-bond donors (Lipinski definition) is 1. The van der Waals surface area contributed by atoms with Gasteiger partial charge in [0.1, 0.15) is 0 Å². The molecule has 0 bridgehead atoms. The first-order valence-electron chi connectivity index (χ1n) is 22.8. The zero-order chi connectivity index (χ0) is 36.3. The minimum absolute atomic E-state index is 0.00385. The summed E-state index contributed by atoms with van der Waals surface area (Å²) in [5.41, 5.74) is 0. The molecule has 0 saturated heterocycles. The van der Waals surface area contributed by atoms with E-state index >= 15 is 0 Å². The van der Waals surface area contributed by atoms with Crippen molar-refractivity contribution in [1.29, 1.82) is 0 Å². The topological polar surface area (TPSA) is 56.8 Å². The number of ether oxygens (including phenoxy) is 3. The second kappa shape index (κ2) is 44.4. The van der Waals surface area contributed by atoms with Gasteiger partial charge in [-0.15, -0.1) is 0 Å². The Bertz CT molecular complexity index is 630. The molecule has 0 aliphatic rings. The zero-order valence-corrected chi connectivity index (χ0v) is 34.5. The van der Waals surface area contributed by atoms with E-state index in [0.29, 0.717) is 26.2 Å². The molecule has 1 atom stereocenters. The number of amides is 1. The first kappa shape index (κ1) is 49.2.